The van der Waals surface area contributed by atoms with E-state index in [2.05, 4.69) is 5.32 Å². The van der Waals surface area contributed by atoms with Crippen LogP contribution in [-0.2, 0) is 9.59 Å². The maximum atomic E-state index is 11.1. The minimum Gasteiger partial charge on any atom is -0.294 e. The van der Waals surface area contributed by atoms with Crippen LogP contribution in [0.15, 0.2) is 0 Å². The Bertz CT molecular complexity index is 219. The quantitative estimate of drug-likeness (QED) is 0.477. The molecule has 0 unspecified atom stereocenters. The Morgan fingerprint density at radius 1 is 1.55 bits per heavy atom. The van der Waals surface area contributed by atoms with Gasteiger partial charge in [-0.2, -0.15) is 0 Å². The Hall–Kier alpha value is -0.550. The van der Waals surface area contributed by atoms with Crippen molar-refractivity contribution in [1.29, 1.82) is 0 Å². The number of carbonyl (C=O) groups is 2. The average molecular weight is 172 g/mol. The van der Waals surface area contributed by atoms with Crippen LogP contribution >= 0.6 is 11.8 Å². The van der Waals surface area contributed by atoms with E-state index in [-0.39, 0.29) is 17.9 Å². The zero-order valence-electron chi connectivity index (χ0n) is 5.87. The van der Waals surface area contributed by atoms with Crippen LogP contribution in [0, 0.1) is 0 Å². The van der Waals surface area contributed by atoms with Crippen molar-refractivity contribution in [1.82, 2.24) is 10.2 Å². The highest BCUT2D eigenvalue weighted by Gasteiger charge is 2.36. The predicted molar refractivity (Wildman–Crippen MR) is 41.0 cm³/mol. The summed E-state index contributed by atoms with van der Waals surface area (Å²) < 4.78 is 0. The second-order valence-electron chi connectivity index (χ2n) is 2.67. The molecule has 0 saturated carbocycles. The highest BCUT2D eigenvalue weighted by molar-refractivity contribution is 7.99. The Kier molecular flexibility index (Phi) is 1.61. The minimum absolute atomic E-state index is 0.0577. The largest absolute Gasteiger partial charge is 0.294 e. The average Bonchev–Trinajstić information content (AvgIpc) is 2.34. The first-order valence-electron chi connectivity index (χ1n) is 3.43. The molecule has 60 valence electrons. The summed E-state index contributed by atoms with van der Waals surface area (Å²) in [6, 6.07) is -0.0577. The lowest BCUT2D eigenvalue weighted by atomic mass is 10.2. The van der Waals surface area contributed by atoms with Gasteiger partial charge in [0.1, 0.15) is 0 Å². The molecule has 0 aromatic heterocycles. The van der Waals surface area contributed by atoms with E-state index in [0.717, 1.165) is 11.6 Å². The number of fused-ring (bicyclic) bond motifs is 1. The lowest BCUT2D eigenvalue weighted by molar-refractivity contribution is -0.138. The highest BCUT2D eigenvalue weighted by atomic mass is 32.2. The molecule has 2 fully saturated rings. The molecule has 5 heteroatoms. The van der Waals surface area contributed by atoms with Crippen molar-refractivity contribution in [3.05, 3.63) is 0 Å². The van der Waals surface area contributed by atoms with E-state index in [1.54, 1.807) is 11.8 Å². The van der Waals surface area contributed by atoms with Gasteiger partial charge in [0, 0.05) is 11.6 Å². The highest BCUT2D eigenvalue weighted by Crippen LogP contribution is 2.21. The molecule has 0 spiro atoms. The van der Waals surface area contributed by atoms with Crippen LogP contribution in [0.1, 0.15) is 0 Å². The van der Waals surface area contributed by atoms with Gasteiger partial charge in [-0.05, 0) is 0 Å². The van der Waals surface area contributed by atoms with Gasteiger partial charge >= 0.3 is 0 Å². The molecule has 0 aromatic rings. The Labute approximate surface area is 68.3 Å². The number of carbonyl (C=O) groups excluding carboxylic acids is 2. The molecule has 2 rings (SSSR count). The molecule has 11 heavy (non-hydrogen) atoms. The summed E-state index contributed by atoms with van der Waals surface area (Å²) in [6.45, 7) is 0.378. The maximum absolute atomic E-state index is 11.1. The van der Waals surface area contributed by atoms with Gasteiger partial charge in [0.05, 0.1) is 12.6 Å². The predicted octanol–water partition coefficient (Wildman–Crippen LogP) is -0.982. The number of thioether (sulfide) groups is 1. The zero-order valence-corrected chi connectivity index (χ0v) is 6.69. The third-order valence-corrected chi connectivity index (χ3v) is 2.95. The standard InChI is InChI=1S/C6H8N2O2S/c9-5-1-8-3-11-2-4(8)6(10)7-5/h4H,1-3H2,(H,7,9,10)/t4-/m0/s1. The van der Waals surface area contributed by atoms with Gasteiger partial charge in [-0.25, -0.2) is 0 Å². The van der Waals surface area contributed by atoms with E-state index in [1.165, 1.54) is 0 Å². The summed E-state index contributed by atoms with van der Waals surface area (Å²) in [5.74, 6) is 1.32. The van der Waals surface area contributed by atoms with Crippen molar-refractivity contribution in [3.8, 4) is 0 Å². The van der Waals surface area contributed by atoms with Crippen molar-refractivity contribution in [3.63, 3.8) is 0 Å². The molecule has 2 aliphatic rings. The van der Waals surface area contributed by atoms with Crippen molar-refractivity contribution in [2.24, 2.45) is 0 Å². The van der Waals surface area contributed by atoms with Gasteiger partial charge in [-0.3, -0.25) is 19.8 Å². The smallest absolute Gasteiger partial charge is 0.244 e. The second kappa shape index (κ2) is 2.49. The molecule has 2 aliphatic heterocycles. The summed E-state index contributed by atoms with van der Waals surface area (Å²) in [6.07, 6.45) is 0. The molecule has 2 amide bonds. The molecule has 0 bridgehead atoms. The molecular formula is C6H8N2O2S. The van der Waals surface area contributed by atoms with Crippen LogP contribution in [0.4, 0.5) is 0 Å². The van der Waals surface area contributed by atoms with E-state index in [4.69, 9.17) is 0 Å². The number of hydrogen-bond donors (Lipinski definition) is 1. The number of amides is 2. The normalized spacial score (nSPS) is 31.8. The maximum Gasteiger partial charge on any atom is 0.244 e. The Balaban J connectivity index is 2.16. The van der Waals surface area contributed by atoms with Gasteiger partial charge in [0.2, 0.25) is 11.8 Å². The SMILES string of the molecule is O=C1CN2CSC[C@H]2C(=O)N1. The third-order valence-electron chi connectivity index (χ3n) is 1.89. The summed E-state index contributed by atoms with van der Waals surface area (Å²) in [4.78, 5) is 23.8. The molecule has 0 aliphatic carbocycles. The van der Waals surface area contributed by atoms with Crippen molar-refractivity contribution < 1.29 is 9.59 Å². The van der Waals surface area contributed by atoms with Crippen LogP contribution in [0.25, 0.3) is 0 Å². The van der Waals surface area contributed by atoms with Gasteiger partial charge in [-0.1, -0.05) is 0 Å². The van der Waals surface area contributed by atoms with E-state index in [0.29, 0.717) is 6.54 Å². The monoisotopic (exact) mass is 172 g/mol. The minimum atomic E-state index is -0.172. The third kappa shape index (κ3) is 1.14. The first kappa shape index (κ1) is 7.12. The summed E-state index contributed by atoms with van der Waals surface area (Å²) >= 11 is 1.70. The fourth-order valence-corrected chi connectivity index (χ4v) is 2.52. The summed E-state index contributed by atoms with van der Waals surface area (Å²) in [7, 11) is 0. The van der Waals surface area contributed by atoms with Crippen LogP contribution in [0.2, 0.25) is 0 Å². The van der Waals surface area contributed by atoms with Crippen molar-refractivity contribution >= 4 is 23.6 Å². The van der Waals surface area contributed by atoms with E-state index in [9.17, 15) is 9.59 Å². The van der Waals surface area contributed by atoms with E-state index < -0.39 is 0 Å². The van der Waals surface area contributed by atoms with Crippen LogP contribution in [-0.4, -0.2) is 40.9 Å². The molecule has 1 N–H and O–H groups in total. The van der Waals surface area contributed by atoms with Gasteiger partial charge in [0.25, 0.3) is 0 Å². The van der Waals surface area contributed by atoms with Crippen LogP contribution < -0.4 is 5.32 Å². The number of imide groups is 1. The first-order valence-corrected chi connectivity index (χ1v) is 4.58. The molecule has 1 atom stereocenters. The molecule has 4 nitrogen and oxygen atoms in total. The lowest BCUT2D eigenvalue weighted by Crippen LogP contribution is -2.56. The van der Waals surface area contributed by atoms with Crippen LogP contribution in [0.5, 0.6) is 0 Å². The fourth-order valence-electron chi connectivity index (χ4n) is 1.32. The lowest BCUT2D eigenvalue weighted by Gasteiger charge is -2.26. The first-order chi connectivity index (χ1) is 5.27. The number of nitrogens with one attached hydrogen (secondary N) is 1. The molecule has 0 radical (unpaired) electrons. The summed E-state index contributed by atoms with van der Waals surface area (Å²) in [5.41, 5.74) is 0. The molecular weight excluding hydrogens is 164 g/mol. The Morgan fingerprint density at radius 2 is 2.36 bits per heavy atom. The topological polar surface area (TPSA) is 49.4 Å². The molecule has 2 heterocycles. The van der Waals surface area contributed by atoms with Crippen molar-refractivity contribution in [2.45, 2.75) is 6.04 Å². The summed E-state index contributed by atoms with van der Waals surface area (Å²) in [5, 5.41) is 2.32. The van der Waals surface area contributed by atoms with Gasteiger partial charge in [0.15, 0.2) is 0 Å². The fraction of sp³-hybridized carbons (Fsp3) is 0.667. The number of rotatable bonds is 0. The zero-order chi connectivity index (χ0) is 7.84. The van der Waals surface area contributed by atoms with E-state index >= 15 is 0 Å². The number of piperazine rings is 1. The Morgan fingerprint density at radius 3 is 3.18 bits per heavy atom. The second-order valence-corrected chi connectivity index (χ2v) is 3.67. The van der Waals surface area contributed by atoms with E-state index in [1.807, 2.05) is 4.90 Å². The molecule has 2 saturated heterocycles. The van der Waals surface area contributed by atoms with Gasteiger partial charge in [-0.15, -0.1) is 11.8 Å². The van der Waals surface area contributed by atoms with Crippen LogP contribution in [0.3, 0.4) is 0 Å². The van der Waals surface area contributed by atoms with Gasteiger partial charge < -0.3 is 0 Å². The number of nitrogens with zero attached hydrogens (tertiary/aromatic N) is 1. The molecule has 0 aromatic carbocycles. The number of hydrogen-bond acceptors (Lipinski definition) is 4. The van der Waals surface area contributed by atoms with Crippen molar-refractivity contribution in [2.75, 3.05) is 18.2 Å².